The lowest BCUT2D eigenvalue weighted by Crippen LogP contribution is -2.46. The van der Waals surface area contributed by atoms with Gasteiger partial charge in [-0.15, -0.1) is 0 Å². The highest BCUT2D eigenvalue weighted by atomic mass is 35.5. The van der Waals surface area contributed by atoms with Crippen molar-refractivity contribution in [2.75, 3.05) is 19.6 Å². The molecule has 1 N–H and O–H groups in total. The lowest BCUT2D eigenvalue weighted by Gasteiger charge is -2.32. The second-order valence-corrected chi connectivity index (χ2v) is 8.72. The molecule has 2 fully saturated rings. The highest BCUT2D eigenvalue weighted by Crippen LogP contribution is 2.24. The van der Waals surface area contributed by atoms with Crippen molar-refractivity contribution in [2.45, 2.75) is 38.4 Å². The molecule has 2 aliphatic heterocycles. The van der Waals surface area contributed by atoms with Crippen LogP contribution in [0.4, 0.5) is 0 Å². The molecular weight excluding hydrogens is 398 g/mol. The van der Waals surface area contributed by atoms with Crippen LogP contribution in [0.15, 0.2) is 54.6 Å². The minimum Gasteiger partial charge on any atom is -0.353 e. The molecule has 5 nitrogen and oxygen atoms in total. The number of nitrogens with zero attached hydrogens (tertiary/aromatic N) is 2. The number of amides is 2. The van der Waals surface area contributed by atoms with Crippen LogP contribution in [0.3, 0.4) is 0 Å². The van der Waals surface area contributed by atoms with Crippen molar-refractivity contribution in [2.24, 2.45) is 5.92 Å². The Morgan fingerprint density at radius 3 is 2.43 bits per heavy atom. The molecule has 2 amide bonds. The van der Waals surface area contributed by atoms with Gasteiger partial charge in [0.2, 0.25) is 11.8 Å². The van der Waals surface area contributed by atoms with Crippen molar-refractivity contribution in [3.05, 3.63) is 70.7 Å². The molecule has 30 heavy (non-hydrogen) atoms. The van der Waals surface area contributed by atoms with Gasteiger partial charge in [-0.25, -0.2) is 0 Å². The van der Waals surface area contributed by atoms with E-state index < -0.39 is 0 Å². The van der Waals surface area contributed by atoms with Crippen molar-refractivity contribution in [3.63, 3.8) is 0 Å². The molecule has 0 aromatic heterocycles. The molecule has 0 saturated carbocycles. The number of piperidine rings is 1. The molecule has 2 heterocycles. The zero-order chi connectivity index (χ0) is 20.9. The predicted octanol–water partition coefficient (Wildman–Crippen LogP) is 3.47. The van der Waals surface area contributed by atoms with Gasteiger partial charge in [0.05, 0.1) is 5.92 Å². The molecule has 6 heteroatoms. The Kier molecular flexibility index (Phi) is 6.70. The Balaban J connectivity index is 1.24. The molecule has 158 valence electrons. The van der Waals surface area contributed by atoms with Gasteiger partial charge >= 0.3 is 0 Å². The van der Waals surface area contributed by atoms with Crippen LogP contribution in [0.25, 0.3) is 0 Å². The number of hydrogen-bond acceptors (Lipinski definition) is 3. The van der Waals surface area contributed by atoms with E-state index in [4.69, 9.17) is 11.6 Å². The van der Waals surface area contributed by atoms with Gasteiger partial charge in [-0.2, -0.15) is 0 Å². The van der Waals surface area contributed by atoms with Crippen LogP contribution in [0.5, 0.6) is 0 Å². The first-order valence-electron chi connectivity index (χ1n) is 10.7. The average Bonchev–Trinajstić information content (AvgIpc) is 3.12. The fourth-order valence-corrected chi connectivity index (χ4v) is 4.52. The Morgan fingerprint density at radius 2 is 1.70 bits per heavy atom. The smallest absolute Gasteiger partial charge is 0.225 e. The first-order valence-corrected chi connectivity index (χ1v) is 11.0. The SMILES string of the molecule is O=C(NC1CCN(Cc2ccccc2)CC1)[C@@H]1CC(=O)N(Cc2ccccc2Cl)C1. The highest BCUT2D eigenvalue weighted by molar-refractivity contribution is 6.31. The van der Waals surface area contributed by atoms with Crippen LogP contribution in [-0.4, -0.2) is 47.3 Å². The quantitative estimate of drug-likeness (QED) is 0.771. The lowest BCUT2D eigenvalue weighted by atomic mass is 10.0. The van der Waals surface area contributed by atoms with Gasteiger partial charge in [-0.1, -0.05) is 60.1 Å². The van der Waals surface area contributed by atoms with E-state index in [0.29, 0.717) is 18.1 Å². The van der Waals surface area contributed by atoms with E-state index in [2.05, 4.69) is 34.5 Å². The monoisotopic (exact) mass is 425 g/mol. The van der Waals surface area contributed by atoms with Gasteiger partial charge in [-0.3, -0.25) is 14.5 Å². The lowest BCUT2D eigenvalue weighted by molar-refractivity contribution is -0.129. The first kappa shape index (κ1) is 20.9. The standard InChI is InChI=1S/C24H28ClN3O2/c25-22-9-5-4-8-19(22)16-28-17-20(14-23(28)29)24(30)26-21-10-12-27(13-11-21)15-18-6-2-1-3-7-18/h1-9,20-21H,10-17H2,(H,26,30)/t20-/m1/s1. The van der Waals surface area contributed by atoms with Crippen molar-refractivity contribution in [1.82, 2.24) is 15.1 Å². The van der Waals surface area contributed by atoms with E-state index in [-0.39, 0.29) is 30.2 Å². The van der Waals surface area contributed by atoms with Crippen molar-refractivity contribution in [3.8, 4) is 0 Å². The van der Waals surface area contributed by atoms with E-state index in [0.717, 1.165) is 38.0 Å². The number of carbonyl (C=O) groups is 2. The number of likely N-dealkylation sites (tertiary alicyclic amines) is 2. The molecule has 1 atom stereocenters. The number of nitrogens with one attached hydrogen (secondary N) is 1. The van der Waals surface area contributed by atoms with Crippen LogP contribution >= 0.6 is 11.6 Å². The summed E-state index contributed by atoms with van der Waals surface area (Å²) in [4.78, 5) is 29.4. The van der Waals surface area contributed by atoms with E-state index in [1.54, 1.807) is 4.90 Å². The summed E-state index contributed by atoms with van der Waals surface area (Å²) in [6, 6.07) is 18.2. The van der Waals surface area contributed by atoms with Crippen LogP contribution in [0.2, 0.25) is 5.02 Å². The molecule has 0 unspecified atom stereocenters. The third-order valence-corrected chi connectivity index (χ3v) is 6.46. The Labute approximate surface area is 183 Å². The zero-order valence-corrected chi connectivity index (χ0v) is 17.9. The molecular formula is C24H28ClN3O2. The molecule has 4 rings (SSSR count). The molecule has 2 saturated heterocycles. The summed E-state index contributed by atoms with van der Waals surface area (Å²) in [6.45, 7) is 3.82. The van der Waals surface area contributed by atoms with Crippen LogP contribution < -0.4 is 5.32 Å². The van der Waals surface area contributed by atoms with E-state index >= 15 is 0 Å². The number of hydrogen-bond donors (Lipinski definition) is 1. The molecule has 2 aromatic rings. The molecule has 0 bridgehead atoms. The average molecular weight is 426 g/mol. The summed E-state index contributed by atoms with van der Waals surface area (Å²) >= 11 is 6.22. The van der Waals surface area contributed by atoms with Crippen molar-refractivity contribution >= 4 is 23.4 Å². The second-order valence-electron chi connectivity index (χ2n) is 8.31. The van der Waals surface area contributed by atoms with Crippen LogP contribution in [0.1, 0.15) is 30.4 Å². The Bertz CT molecular complexity index is 881. The van der Waals surface area contributed by atoms with Crippen LogP contribution in [-0.2, 0) is 22.7 Å². The number of benzene rings is 2. The zero-order valence-electron chi connectivity index (χ0n) is 17.1. The summed E-state index contributed by atoms with van der Waals surface area (Å²) in [5, 5.41) is 3.84. The fourth-order valence-electron chi connectivity index (χ4n) is 4.33. The predicted molar refractivity (Wildman–Crippen MR) is 118 cm³/mol. The second kappa shape index (κ2) is 9.63. The molecule has 0 spiro atoms. The van der Waals surface area contributed by atoms with Gasteiger partial charge in [0.1, 0.15) is 0 Å². The number of rotatable bonds is 6. The summed E-state index contributed by atoms with van der Waals surface area (Å²) in [7, 11) is 0. The molecule has 2 aliphatic rings. The minimum absolute atomic E-state index is 0.00604. The molecule has 0 radical (unpaired) electrons. The van der Waals surface area contributed by atoms with E-state index in [1.165, 1.54) is 5.56 Å². The summed E-state index contributed by atoms with van der Waals surface area (Å²) in [5.74, 6) is -0.249. The summed E-state index contributed by atoms with van der Waals surface area (Å²) in [5.41, 5.74) is 2.24. The fraction of sp³-hybridized carbons (Fsp3) is 0.417. The summed E-state index contributed by atoms with van der Waals surface area (Å²) < 4.78 is 0. The highest BCUT2D eigenvalue weighted by Gasteiger charge is 2.35. The van der Waals surface area contributed by atoms with Gasteiger partial charge in [0.25, 0.3) is 0 Å². The first-order chi connectivity index (χ1) is 14.6. The maximum atomic E-state index is 12.8. The maximum absolute atomic E-state index is 12.8. The summed E-state index contributed by atoms with van der Waals surface area (Å²) in [6.07, 6.45) is 2.17. The van der Waals surface area contributed by atoms with E-state index in [1.807, 2.05) is 30.3 Å². The van der Waals surface area contributed by atoms with Gasteiger partial charge in [0, 0.05) is 50.2 Å². The van der Waals surface area contributed by atoms with Crippen molar-refractivity contribution in [1.29, 1.82) is 0 Å². The number of halogens is 1. The van der Waals surface area contributed by atoms with Crippen molar-refractivity contribution < 1.29 is 9.59 Å². The normalized spacial score (nSPS) is 20.5. The maximum Gasteiger partial charge on any atom is 0.225 e. The third-order valence-electron chi connectivity index (χ3n) is 6.09. The number of carbonyl (C=O) groups excluding carboxylic acids is 2. The molecule has 0 aliphatic carbocycles. The van der Waals surface area contributed by atoms with Crippen LogP contribution in [0, 0.1) is 5.92 Å². The Morgan fingerprint density at radius 1 is 1.00 bits per heavy atom. The third kappa shape index (κ3) is 5.21. The van der Waals surface area contributed by atoms with Gasteiger partial charge in [-0.05, 0) is 30.0 Å². The Hall–Kier alpha value is -2.37. The van der Waals surface area contributed by atoms with Gasteiger partial charge in [0.15, 0.2) is 0 Å². The molecule has 2 aromatic carbocycles. The topological polar surface area (TPSA) is 52.7 Å². The minimum atomic E-state index is -0.276. The van der Waals surface area contributed by atoms with E-state index in [9.17, 15) is 9.59 Å². The van der Waals surface area contributed by atoms with Gasteiger partial charge < -0.3 is 10.2 Å². The largest absolute Gasteiger partial charge is 0.353 e.